The fourth-order valence-electron chi connectivity index (χ4n) is 2.51. The molecule has 186 valence electrons. The van der Waals surface area contributed by atoms with Gasteiger partial charge in [-0.2, -0.15) is 13.2 Å². The van der Waals surface area contributed by atoms with Gasteiger partial charge in [0.05, 0.1) is 6.54 Å². The number of nitrogens with one attached hydrogen (secondary N) is 1. The summed E-state index contributed by atoms with van der Waals surface area (Å²) in [5.74, 6) is -7.47. The van der Waals surface area contributed by atoms with E-state index < -0.39 is 52.9 Å². The maximum Gasteiger partial charge on any atom is 0.450 e. The quantitative estimate of drug-likeness (QED) is 0.158. The summed E-state index contributed by atoms with van der Waals surface area (Å²) >= 11 is 0.642. The first-order chi connectivity index (χ1) is 16.4. The van der Waals surface area contributed by atoms with Gasteiger partial charge < -0.3 is 14.8 Å². The number of hydrogen-bond acceptors (Lipinski definition) is 10. The van der Waals surface area contributed by atoms with E-state index in [1.54, 1.807) is 0 Å². The molecule has 0 aliphatic heterocycles. The number of amides is 1. The van der Waals surface area contributed by atoms with E-state index in [0.717, 1.165) is 17.6 Å². The Kier molecular flexibility index (Phi) is 9.34. The van der Waals surface area contributed by atoms with Gasteiger partial charge in [0, 0.05) is 17.6 Å². The van der Waals surface area contributed by atoms with Gasteiger partial charge in [-0.15, -0.1) is 10.2 Å². The van der Waals surface area contributed by atoms with Gasteiger partial charge in [-0.3, -0.25) is 14.4 Å². The van der Waals surface area contributed by atoms with Crippen molar-refractivity contribution >= 4 is 40.7 Å². The molecule has 35 heavy (non-hydrogen) atoms. The van der Waals surface area contributed by atoms with Gasteiger partial charge in [-0.1, -0.05) is 17.9 Å². The molecule has 2 aromatic rings. The van der Waals surface area contributed by atoms with Gasteiger partial charge in [-0.25, -0.2) is 9.59 Å². The molecule has 0 bridgehead atoms. The van der Waals surface area contributed by atoms with Crippen LogP contribution in [0.1, 0.15) is 33.5 Å². The maximum absolute atomic E-state index is 13.0. The molecule has 1 aromatic carbocycles. The molecule has 1 N–H and O–H groups in total. The molecule has 2 rings (SSSR count). The first-order valence-electron chi connectivity index (χ1n) is 9.73. The number of halogens is 3. The summed E-state index contributed by atoms with van der Waals surface area (Å²) in [6, 6.07) is 4.70. The minimum atomic E-state index is -5.33. The van der Waals surface area contributed by atoms with E-state index in [9.17, 15) is 37.1 Å². The van der Waals surface area contributed by atoms with Crippen molar-refractivity contribution in [3.8, 4) is 5.75 Å². The highest BCUT2D eigenvalue weighted by Crippen LogP contribution is 2.27. The number of ketones is 3. The Morgan fingerprint density at radius 2 is 1.80 bits per heavy atom. The van der Waals surface area contributed by atoms with Gasteiger partial charge in [-0.05, 0) is 31.2 Å². The van der Waals surface area contributed by atoms with E-state index in [1.165, 1.54) is 19.1 Å². The summed E-state index contributed by atoms with van der Waals surface area (Å²) in [4.78, 5) is 59.6. The molecule has 0 fully saturated rings. The highest BCUT2D eigenvalue weighted by atomic mass is 32.1. The van der Waals surface area contributed by atoms with E-state index in [-0.39, 0.29) is 30.0 Å². The Morgan fingerprint density at radius 3 is 2.34 bits per heavy atom. The van der Waals surface area contributed by atoms with Crippen LogP contribution in [0.25, 0.3) is 0 Å². The van der Waals surface area contributed by atoms with Crippen molar-refractivity contribution in [1.29, 1.82) is 0 Å². The third-order valence-electron chi connectivity index (χ3n) is 4.21. The van der Waals surface area contributed by atoms with E-state index in [1.807, 2.05) is 0 Å². The number of aromatic nitrogens is 2. The largest absolute Gasteiger partial charge is 0.460 e. The van der Waals surface area contributed by atoms with E-state index in [0.29, 0.717) is 11.3 Å². The molecular formula is C21H18F3N3O7S. The van der Waals surface area contributed by atoms with E-state index in [4.69, 9.17) is 9.47 Å². The number of esters is 1. The molecule has 1 heterocycles. The lowest BCUT2D eigenvalue weighted by Crippen LogP contribution is -2.36. The summed E-state index contributed by atoms with van der Waals surface area (Å²) in [5, 5.41) is 8.61. The Morgan fingerprint density at radius 1 is 1.14 bits per heavy atom. The van der Waals surface area contributed by atoms with Crippen molar-refractivity contribution in [3.63, 3.8) is 0 Å². The van der Waals surface area contributed by atoms with Gasteiger partial charge in [0.25, 0.3) is 0 Å². The maximum atomic E-state index is 13.0. The summed E-state index contributed by atoms with van der Waals surface area (Å²) in [7, 11) is 0. The van der Waals surface area contributed by atoms with Crippen LogP contribution in [0.5, 0.6) is 5.75 Å². The van der Waals surface area contributed by atoms with Gasteiger partial charge >= 0.3 is 18.2 Å². The Balaban J connectivity index is 1.98. The number of alkyl halides is 3. The number of rotatable bonds is 11. The van der Waals surface area contributed by atoms with Crippen molar-refractivity contribution in [2.75, 3.05) is 13.2 Å². The number of benzene rings is 1. The molecule has 0 aliphatic rings. The molecule has 0 saturated carbocycles. The van der Waals surface area contributed by atoms with E-state index in [2.05, 4.69) is 22.1 Å². The topological polar surface area (TPSA) is 142 Å². The van der Waals surface area contributed by atoms with Crippen LogP contribution >= 0.6 is 11.3 Å². The number of Topliss-reactive ketones (excluding diaryl/α,β-unsaturated/α-hetero) is 3. The van der Waals surface area contributed by atoms with Crippen molar-refractivity contribution in [3.05, 3.63) is 52.5 Å². The number of ether oxygens (including phenoxy) is 2. The van der Waals surface area contributed by atoms with Crippen LogP contribution in [0.15, 0.2) is 41.9 Å². The molecule has 0 saturated heterocycles. The fraction of sp³-hybridized carbons (Fsp3) is 0.286. The molecule has 1 unspecified atom stereocenters. The lowest BCUT2D eigenvalue weighted by Gasteiger charge is -2.14. The normalized spacial score (nSPS) is 11.8. The second-order valence-electron chi connectivity index (χ2n) is 6.91. The molecule has 1 aromatic heterocycles. The van der Waals surface area contributed by atoms with E-state index >= 15 is 0 Å². The third kappa shape index (κ3) is 8.10. The van der Waals surface area contributed by atoms with Crippen LogP contribution in [-0.2, 0) is 14.3 Å². The zero-order valence-electron chi connectivity index (χ0n) is 18.1. The molecule has 1 amide bonds. The molecular weight excluding hydrogens is 495 g/mol. The minimum Gasteiger partial charge on any atom is -0.460 e. The molecule has 0 spiro atoms. The SMILES string of the molecule is C=C(C)C(=O)OCCNC(=O)Oc1ccc(C(=O)CC(C(=O)c2nncs2)C(=O)C(F)(F)F)cc1. The first kappa shape index (κ1) is 27.3. The molecule has 10 nitrogen and oxygen atoms in total. The minimum absolute atomic E-state index is 0.00849. The van der Waals surface area contributed by atoms with Crippen molar-refractivity contribution in [2.24, 2.45) is 5.92 Å². The van der Waals surface area contributed by atoms with Crippen LogP contribution < -0.4 is 10.1 Å². The Labute approximate surface area is 200 Å². The molecule has 14 heteroatoms. The Hall–Kier alpha value is -3.94. The average molecular weight is 513 g/mol. The van der Waals surface area contributed by atoms with Crippen LogP contribution in [-0.4, -0.2) is 58.9 Å². The van der Waals surface area contributed by atoms with Crippen molar-refractivity contribution in [1.82, 2.24) is 15.5 Å². The molecule has 0 aliphatic carbocycles. The van der Waals surface area contributed by atoms with Crippen LogP contribution in [0.4, 0.5) is 18.0 Å². The standard InChI is InChI=1S/C21H18F3N3O7S/c1-11(2)19(31)33-8-7-25-20(32)34-13-5-3-12(4-6-13)15(28)9-14(17(30)21(22,23)24)16(29)18-27-26-10-35-18/h3-6,10,14H,1,7-9H2,2H3,(H,25,32). The number of carbonyl (C=O) groups excluding carboxylic acids is 5. The van der Waals surface area contributed by atoms with Gasteiger partial charge in [0.2, 0.25) is 11.6 Å². The van der Waals surface area contributed by atoms with Crippen LogP contribution in [0.2, 0.25) is 0 Å². The monoisotopic (exact) mass is 513 g/mol. The second kappa shape index (κ2) is 12.0. The summed E-state index contributed by atoms with van der Waals surface area (Å²) in [5.41, 5.74) is 1.18. The third-order valence-corrected chi connectivity index (χ3v) is 4.92. The number of hydrogen-bond donors (Lipinski definition) is 1. The average Bonchev–Trinajstić information content (AvgIpc) is 3.34. The fourth-order valence-corrected chi connectivity index (χ4v) is 3.05. The molecule has 0 radical (unpaired) electrons. The van der Waals surface area contributed by atoms with Crippen molar-refractivity contribution < 1.29 is 46.6 Å². The van der Waals surface area contributed by atoms with Crippen molar-refractivity contribution in [2.45, 2.75) is 19.5 Å². The zero-order chi connectivity index (χ0) is 26.2. The highest BCUT2D eigenvalue weighted by Gasteiger charge is 2.47. The number of nitrogens with zero attached hydrogens (tertiary/aromatic N) is 2. The van der Waals surface area contributed by atoms with Gasteiger partial charge in [0.15, 0.2) is 10.8 Å². The highest BCUT2D eigenvalue weighted by molar-refractivity contribution is 7.11. The lowest BCUT2D eigenvalue weighted by molar-refractivity contribution is -0.173. The predicted molar refractivity (Wildman–Crippen MR) is 114 cm³/mol. The predicted octanol–water partition coefficient (Wildman–Crippen LogP) is 2.95. The van der Waals surface area contributed by atoms with Crippen LogP contribution in [0.3, 0.4) is 0 Å². The summed E-state index contributed by atoms with van der Waals surface area (Å²) in [6.45, 7) is 4.69. The lowest BCUT2D eigenvalue weighted by atomic mass is 9.90. The number of carbonyl (C=O) groups is 5. The summed E-state index contributed by atoms with van der Waals surface area (Å²) < 4.78 is 48.7. The zero-order valence-corrected chi connectivity index (χ0v) is 18.9. The first-order valence-corrected chi connectivity index (χ1v) is 10.6. The molecule has 1 atom stereocenters. The smallest absolute Gasteiger partial charge is 0.450 e. The Bertz CT molecular complexity index is 1120. The van der Waals surface area contributed by atoms with Crippen LogP contribution in [0, 0.1) is 5.92 Å². The summed E-state index contributed by atoms with van der Waals surface area (Å²) in [6.07, 6.45) is -7.27. The second-order valence-corrected chi connectivity index (χ2v) is 7.74. The van der Waals surface area contributed by atoms with Gasteiger partial charge in [0.1, 0.15) is 23.8 Å².